The van der Waals surface area contributed by atoms with E-state index in [1.165, 1.54) is 31.6 Å². The van der Waals surface area contributed by atoms with Gasteiger partial charge in [0.1, 0.15) is 0 Å². The van der Waals surface area contributed by atoms with Gasteiger partial charge in [0, 0.05) is 12.7 Å². The number of rotatable bonds is 3. The van der Waals surface area contributed by atoms with Gasteiger partial charge >= 0.3 is 0 Å². The lowest BCUT2D eigenvalue weighted by molar-refractivity contribution is 0.225. The molecule has 1 atom stereocenters. The molecule has 0 spiro atoms. The predicted octanol–water partition coefficient (Wildman–Crippen LogP) is 2.87. The monoisotopic (exact) mass is 204 g/mol. The van der Waals surface area contributed by atoms with Crippen LogP contribution in [-0.4, -0.2) is 23.0 Å². The number of nitrogens with zero attached hydrogens (tertiary/aromatic N) is 2. The molecule has 2 rings (SSSR count). The minimum atomic E-state index is 0.564. The fourth-order valence-electron chi connectivity index (χ4n) is 2.42. The van der Waals surface area contributed by atoms with E-state index >= 15 is 0 Å². The lowest BCUT2D eigenvalue weighted by Crippen LogP contribution is -2.27. The molecular formula is C13H20N2. The van der Waals surface area contributed by atoms with E-state index in [4.69, 9.17) is 0 Å². The van der Waals surface area contributed by atoms with Crippen molar-refractivity contribution < 1.29 is 0 Å². The Labute approximate surface area is 92.3 Å². The molecule has 82 valence electrons. The first-order valence-corrected chi connectivity index (χ1v) is 5.92. The zero-order chi connectivity index (χ0) is 10.7. The maximum atomic E-state index is 4.48. The molecular weight excluding hydrogens is 184 g/mol. The summed E-state index contributed by atoms with van der Waals surface area (Å²) in [5, 5.41) is 0. The van der Waals surface area contributed by atoms with Gasteiger partial charge in [0.25, 0.3) is 0 Å². The second-order valence-corrected chi connectivity index (χ2v) is 4.80. The lowest BCUT2D eigenvalue weighted by atomic mass is 10.1. The Hall–Kier alpha value is -0.890. The molecule has 1 aromatic heterocycles. The molecule has 0 bridgehead atoms. The van der Waals surface area contributed by atoms with Crippen molar-refractivity contribution >= 4 is 0 Å². The molecule has 0 radical (unpaired) electrons. The Morgan fingerprint density at radius 2 is 2.33 bits per heavy atom. The molecule has 2 nitrogen and oxygen atoms in total. The van der Waals surface area contributed by atoms with E-state index in [-0.39, 0.29) is 0 Å². The van der Waals surface area contributed by atoms with E-state index in [1.54, 1.807) is 0 Å². The van der Waals surface area contributed by atoms with Gasteiger partial charge in [-0.25, -0.2) is 0 Å². The molecule has 0 aliphatic carbocycles. The summed E-state index contributed by atoms with van der Waals surface area (Å²) < 4.78 is 0. The fourth-order valence-corrected chi connectivity index (χ4v) is 2.42. The van der Waals surface area contributed by atoms with Crippen LogP contribution in [0.1, 0.15) is 38.4 Å². The van der Waals surface area contributed by atoms with Gasteiger partial charge in [-0.15, -0.1) is 0 Å². The highest BCUT2D eigenvalue weighted by molar-refractivity contribution is 5.10. The molecule has 1 saturated heterocycles. The quantitative estimate of drug-likeness (QED) is 0.752. The van der Waals surface area contributed by atoms with Crippen molar-refractivity contribution in [3.63, 3.8) is 0 Å². The minimum absolute atomic E-state index is 0.564. The van der Waals surface area contributed by atoms with Crippen molar-refractivity contribution in [1.29, 1.82) is 0 Å². The maximum absolute atomic E-state index is 4.48. The molecule has 1 aromatic rings. The van der Waals surface area contributed by atoms with Gasteiger partial charge in [-0.3, -0.25) is 9.88 Å². The number of aromatic nitrogens is 1. The SMILES string of the molecule is CC(C)CN1CCC[C@H]1c1ccccn1. The second-order valence-electron chi connectivity index (χ2n) is 4.80. The van der Waals surface area contributed by atoms with Gasteiger partial charge in [0.15, 0.2) is 0 Å². The fraction of sp³-hybridized carbons (Fsp3) is 0.615. The molecule has 1 aliphatic heterocycles. The van der Waals surface area contributed by atoms with Crippen molar-refractivity contribution in [3.8, 4) is 0 Å². The Morgan fingerprint density at radius 1 is 1.47 bits per heavy atom. The van der Waals surface area contributed by atoms with Crippen LogP contribution < -0.4 is 0 Å². The van der Waals surface area contributed by atoms with Crippen molar-refractivity contribution in [2.75, 3.05) is 13.1 Å². The van der Waals surface area contributed by atoms with Crippen LogP contribution >= 0.6 is 0 Å². The molecule has 2 heterocycles. The molecule has 0 saturated carbocycles. The average Bonchev–Trinajstić information content (AvgIpc) is 2.66. The maximum Gasteiger partial charge on any atom is 0.0575 e. The van der Waals surface area contributed by atoms with Crippen LogP contribution in [0.2, 0.25) is 0 Å². The third-order valence-corrected chi connectivity index (χ3v) is 2.99. The molecule has 15 heavy (non-hydrogen) atoms. The van der Waals surface area contributed by atoms with E-state index in [9.17, 15) is 0 Å². The number of pyridine rings is 1. The summed E-state index contributed by atoms with van der Waals surface area (Å²) >= 11 is 0. The standard InChI is InChI=1S/C13H20N2/c1-11(2)10-15-9-5-7-13(15)12-6-3-4-8-14-12/h3-4,6,8,11,13H,5,7,9-10H2,1-2H3/t13-/m0/s1. The summed E-state index contributed by atoms with van der Waals surface area (Å²) in [6.45, 7) is 7.00. The van der Waals surface area contributed by atoms with Gasteiger partial charge in [-0.05, 0) is 37.4 Å². The second kappa shape index (κ2) is 4.75. The minimum Gasteiger partial charge on any atom is -0.295 e. The Bertz CT molecular complexity index is 295. The summed E-state index contributed by atoms with van der Waals surface area (Å²) in [6, 6.07) is 6.80. The van der Waals surface area contributed by atoms with E-state index in [1.807, 2.05) is 12.3 Å². The molecule has 0 unspecified atom stereocenters. The lowest BCUT2D eigenvalue weighted by Gasteiger charge is -2.25. The number of likely N-dealkylation sites (tertiary alicyclic amines) is 1. The summed E-state index contributed by atoms with van der Waals surface area (Å²) in [7, 11) is 0. The van der Waals surface area contributed by atoms with Gasteiger partial charge < -0.3 is 0 Å². The van der Waals surface area contributed by atoms with Gasteiger partial charge in [-0.2, -0.15) is 0 Å². The van der Waals surface area contributed by atoms with Crippen LogP contribution in [0.4, 0.5) is 0 Å². The van der Waals surface area contributed by atoms with Crippen LogP contribution in [0, 0.1) is 5.92 Å². The average molecular weight is 204 g/mol. The molecule has 1 fully saturated rings. The molecule has 0 amide bonds. The molecule has 0 N–H and O–H groups in total. The van der Waals surface area contributed by atoms with Crippen molar-refractivity contribution in [1.82, 2.24) is 9.88 Å². The summed E-state index contributed by atoms with van der Waals surface area (Å²) in [5.74, 6) is 0.745. The Balaban J connectivity index is 2.08. The third kappa shape index (κ3) is 2.57. The van der Waals surface area contributed by atoms with Crippen molar-refractivity contribution in [2.24, 2.45) is 5.92 Å². The van der Waals surface area contributed by atoms with Gasteiger partial charge in [0.05, 0.1) is 11.7 Å². The van der Waals surface area contributed by atoms with Crippen molar-refractivity contribution in [3.05, 3.63) is 30.1 Å². The molecule has 0 aromatic carbocycles. The first-order valence-electron chi connectivity index (χ1n) is 5.92. The predicted molar refractivity (Wildman–Crippen MR) is 62.6 cm³/mol. The van der Waals surface area contributed by atoms with Gasteiger partial charge in [-0.1, -0.05) is 19.9 Å². The van der Waals surface area contributed by atoms with Crippen LogP contribution in [-0.2, 0) is 0 Å². The Morgan fingerprint density at radius 3 is 3.00 bits per heavy atom. The van der Waals surface area contributed by atoms with Gasteiger partial charge in [0.2, 0.25) is 0 Å². The van der Waals surface area contributed by atoms with E-state index in [0.717, 1.165) is 5.92 Å². The highest BCUT2D eigenvalue weighted by atomic mass is 15.2. The number of hydrogen-bond acceptors (Lipinski definition) is 2. The summed E-state index contributed by atoms with van der Waals surface area (Å²) in [5.41, 5.74) is 1.25. The third-order valence-electron chi connectivity index (χ3n) is 2.99. The van der Waals surface area contributed by atoms with Crippen LogP contribution in [0.15, 0.2) is 24.4 Å². The zero-order valence-electron chi connectivity index (χ0n) is 9.69. The van der Waals surface area contributed by atoms with Crippen LogP contribution in [0.3, 0.4) is 0 Å². The summed E-state index contributed by atoms with van der Waals surface area (Å²) in [4.78, 5) is 7.05. The summed E-state index contributed by atoms with van der Waals surface area (Å²) in [6.07, 6.45) is 4.49. The van der Waals surface area contributed by atoms with E-state index in [0.29, 0.717) is 6.04 Å². The highest BCUT2D eigenvalue weighted by Crippen LogP contribution is 2.30. The smallest absolute Gasteiger partial charge is 0.0575 e. The normalized spacial score (nSPS) is 22.5. The topological polar surface area (TPSA) is 16.1 Å². The van der Waals surface area contributed by atoms with E-state index < -0.39 is 0 Å². The number of hydrogen-bond donors (Lipinski definition) is 0. The highest BCUT2D eigenvalue weighted by Gasteiger charge is 2.26. The largest absolute Gasteiger partial charge is 0.295 e. The van der Waals surface area contributed by atoms with Crippen LogP contribution in [0.25, 0.3) is 0 Å². The molecule has 1 aliphatic rings. The first-order chi connectivity index (χ1) is 7.27. The molecule has 2 heteroatoms. The zero-order valence-corrected chi connectivity index (χ0v) is 9.69. The van der Waals surface area contributed by atoms with Crippen LogP contribution in [0.5, 0.6) is 0 Å². The van der Waals surface area contributed by atoms with Crippen molar-refractivity contribution in [2.45, 2.75) is 32.7 Å². The van der Waals surface area contributed by atoms with E-state index in [2.05, 4.69) is 35.9 Å². The Kier molecular flexibility index (Phi) is 3.37. The first kappa shape index (κ1) is 10.6.